The van der Waals surface area contributed by atoms with E-state index in [1.165, 1.54) is 18.2 Å². The van der Waals surface area contributed by atoms with Crippen LogP contribution in [0.3, 0.4) is 0 Å². The summed E-state index contributed by atoms with van der Waals surface area (Å²) in [6.07, 6.45) is 0. The maximum Gasteiger partial charge on any atom is 0.294 e. The summed E-state index contributed by atoms with van der Waals surface area (Å²) in [5, 5.41) is 33.0. The average molecular weight is 489 g/mol. The van der Waals surface area contributed by atoms with Crippen LogP contribution in [-0.4, -0.2) is 33.3 Å². The Balaban J connectivity index is 2.00. The molecule has 0 radical (unpaired) electrons. The maximum atomic E-state index is 11.7. The molecule has 0 amide bonds. The van der Waals surface area contributed by atoms with Crippen molar-refractivity contribution < 1.29 is 32.7 Å². The summed E-state index contributed by atoms with van der Waals surface area (Å²) < 4.78 is 37.4. The highest BCUT2D eigenvalue weighted by atomic mass is 32.2. The molecule has 0 saturated carbocycles. The third-order valence-corrected chi connectivity index (χ3v) is 6.10. The number of benzene rings is 3. The van der Waals surface area contributed by atoms with Gasteiger partial charge in [-0.3, -0.25) is 4.55 Å². The lowest BCUT2D eigenvalue weighted by atomic mass is 9.99. The van der Waals surface area contributed by atoms with Crippen molar-refractivity contribution in [3.63, 3.8) is 0 Å². The molecule has 0 atom stereocenters. The Morgan fingerprint density at radius 1 is 0.939 bits per heavy atom. The molecule has 0 unspecified atom stereocenters. The molecule has 170 valence electrons. The Bertz CT molecular complexity index is 1500. The van der Waals surface area contributed by atoms with E-state index in [-0.39, 0.29) is 27.5 Å². The van der Waals surface area contributed by atoms with Gasteiger partial charge in [-0.2, -0.15) is 8.42 Å². The molecule has 1 aromatic heterocycles. The zero-order chi connectivity index (χ0) is 23.8. The number of fused-ring (bicyclic) bond motifs is 3. The quantitative estimate of drug-likeness (QED) is 0.0820. The summed E-state index contributed by atoms with van der Waals surface area (Å²) in [6.45, 7) is 3.47. The van der Waals surface area contributed by atoms with Crippen molar-refractivity contribution >= 4 is 55.2 Å². The summed E-state index contributed by atoms with van der Waals surface area (Å²) in [4.78, 5) is 8.48. The standard InChI is InChI=1S/C20H16N4O7S2/c1-10-7-18(22-11(2)21-10)23-24-19-16-9-13(33(27,28)29)4-6-14(16)15-5-3-12(32-31-30-26)8-17(15)20(19)25/h3-9,25-26H,1-2H3,(H,27,28,29)/b24-23+. The second-order valence-electron chi connectivity index (χ2n) is 6.93. The van der Waals surface area contributed by atoms with Crippen molar-refractivity contribution in [2.45, 2.75) is 23.6 Å². The Kier molecular flexibility index (Phi) is 6.25. The minimum atomic E-state index is -4.50. The van der Waals surface area contributed by atoms with Crippen LogP contribution in [0.15, 0.2) is 62.5 Å². The summed E-state index contributed by atoms with van der Waals surface area (Å²) in [7, 11) is -4.50. The number of phenolic OH excluding ortho intramolecular Hbond substituents is 1. The second-order valence-corrected chi connectivity index (χ2v) is 9.12. The van der Waals surface area contributed by atoms with Gasteiger partial charge in [0.25, 0.3) is 10.1 Å². The fourth-order valence-electron chi connectivity index (χ4n) is 3.38. The van der Waals surface area contributed by atoms with E-state index in [4.69, 9.17) is 5.26 Å². The SMILES string of the molecule is Cc1cc(/N=N/c2c(O)c3cc(SOOO)ccc3c3ccc(S(=O)(=O)O)cc23)nc(C)n1. The van der Waals surface area contributed by atoms with Crippen molar-refractivity contribution in [2.75, 3.05) is 0 Å². The molecule has 0 bridgehead atoms. The molecule has 0 saturated heterocycles. The fourth-order valence-corrected chi connectivity index (χ4v) is 4.29. The zero-order valence-electron chi connectivity index (χ0n) is 17.1. The largest absolute Gasteiger partial charge is 0.505 e. The first-order valence-electron chi connectivity index (χ1n) is 9.26. The van der Waals surface area contributed by atoms with E-state index in [9.17, 15) is 18.1 Å². The molecule has 1 heterocycles. The van der Waals surface area contributed by atoms with Crippen molar-refractivity contribution in [3.05, 3.63) is 54.0 Å². The van der Waals surface area contributed by atoms with E-state index in [0.717, 1.165) is 0 Å². The molecular weight excluding hydrogens is 472 g/mol. The number of aryl methyl sites for hydroxylation is 2. The van der Waals surface area contributed by atoms with Gasteiger partial charge in [-0.05, 0) is 48.9 Å². The minimum Gasteiger partial charge on any atom is -0.505 e. The van der Waals surface area contributed by atoms with Crippen LogP contribution in [0.1, 0.15) is 11.5 Å². The Morgan fingerprint density at radius 2 is 1.67 bits per heavy atom. The van der Waals surface area contributed by atoms with E-state index in [1.807, 2.05) is 0 Å². The van der Waals surface area contributed by atoms with Gasteiger partial charge in [-0.25, -0.2) is 15.2 Å². The maximum absolute atomic E-state index is 11.7. The summed E-state index contributed by atoms with van der Waals surface area (Å²) in [6, 6.07) is 10.4. The van der Waals surface area contributed by atoms with Crippen LogP contribution in [0, 0.1) is 13.8 Å². The van der Waals surface area contributed by atoms with E-state index in [1.54, 1.807) is 38.1 Å². The average Bonchev–Trinajstić information content (AvgIpc) is 2.76. The normalized spacial score (nSPS) is 12.2. The highest BCUT2D eigenvalue weighted by Crippen LogP contribution is 2.45. The molecule has 4 aromatic rings. The molecule has 0 spiro atoms. The molecule has 3 N–H and O–H groups in total. The lowest BCUT2D eigenvalue weighted by molar-refractivity contribution is -0.432. The molecule has 0 aliphatic rings. The van der Waals surface area contributed by atoms with Gasteiger partial charge in [0.15, 0.2) is 11.6 Å². The summed E-state index contributed by atoms with van der Waals surface area (Å²) in [5.74, 6) is 0.443. The number of aromatic hydroxyl groups is 1. The third-order valence-electron chi connectivity index (χ3n) is 4.67. The van der Waals surface area contributed by atoms with Gasteiger partial charge in [0.1, 0.15) is 11.5 Å². The summed E-state index contributed by atoms with van der Waals surface area (Å²) in [5.41, 5.74) is 0.642. The van der Waals surface area contributed by atoms with Crippen molar-refractivity contribution in [2.24, 2.45) is 10.2 Å². The Labute approximate surface area is 191 Å². The van der Waals surface area contributed by atoms with Crippen LogP contribution in [0.2, 0.25) is 0 Å². The van der Waals surface area contributed by atoms with Crippen LogP contribution in [0.4, 0.5) is 11.5 Å². The van der Waals surface area contributed by atoms with Crippen LogP contribution in [0.25, 0.3) is 21.5 Å². The summed E-state index contributed by atoms with van der Waals surface area (Å²) >= 11 is 0.708. The van der Waals surface area contributed by atoms with Crippen LogP contribution in [0.5, 0.6) is 5.75 Å². The number of hydrogen-bond acceptors (Lipinski definition) is 11. The Hall–Kier alpha value is -3.20. The molecule has 4 rings (SSSR count). The number of phenols is 1. The number of azo groups is 1. The molecule has 11 nitrogen and oxygen atoms in total. The number of nitrogens with zero attached hydrogens (tertiary/aromatic N) is 4. The molecular formula is C20H16N4O7S2. The van der Waals surface area contributed by atoms with Gasteiger partial charge >= 0.3 is 0 Å². The van der Waals surface area contributed by atoms with E-state index in [0.29, 0.717) is 44.6 Å². The highest BCUT2D eigenvalue weighted by molar-refractivity contribution is 7.94. The van der Waals surface area contributed by atoms with E-state index < -0.39 is 10.1 Å². The number of aromatic nitrogens is 2. The first kappa shape index (κ1) is 23.0. The molecule has 0 aliphatic carbocycles. The smallest absolute Gasteiger partial charge is 0.294 e. The van der Waals surface area contributed by atoms with Crippen LogP contribution in [-0.2, 0) is 19.5 Å². The van der Waals surface area contributed by atoms with Crippen molar-refractivity contribution in [1.82, 2.24) is 9.97 Å². The Morgan fingerprint density at radius 3 is 2.36 bits per heavy atom. The molecule has 0 fully saturated rings. The molecule has 0 aliphatic heterocycles. The van der Waals surface area contributed by atoms with Gasteiger partial charge in [0, 0.05) is 27.4 Å². The minimum absolute atomic E-state index is 0.0293. The lowest BCUT2D eigenvalue weighted by Crippen LogP contribution is -1.97. The van der Waals surface area contributed by atoms with Gasteiger partial charge < -0.3 is 5.11 Å². The molecule has 33 heavy (non-hydrogen) atoms. The van der Waals surface area contributed by atoms with Gasteiger partial charge in [-0.1, -0.05) is 17.2 Å². The number of hydrogen-bond donors (Lipinski definition) is 3. The topological polar surface area (TPSA) is 164 Å². The molecule has 13 heteroatoms. The first-order chi connectivity index (χ1) is 15.7. The third kappa shape index (κ3) is 4.78. The second kappa shape index (κ2) is 8.97. The number of rotatable bonds is 6. The van der Waals surface area contributed by atoms with Gasteiger partial charge in [0.2, 0.25) is 0 Å². The zero-order valence-corrected chi connectivity index (χ0v) is 18.8. The monoisotopic (exact) mass is 488 g/mol. The fraction of sp³-hybridized carbons (Fsp3) is 0.100. The van der Waals surface area contributed by atoms with E-state index in [2.05, 4.69) is 29.6 Å². The predicted molar refractivity (Wildman–Crippen MR) is 119 cm³/mol. The first-order valence-corrected chi connectivity index (χ1v) is 11.4. The van der Waals surface area contributed by atoms with E-state index >= 15 is 0 Å². The lowest BCUT2D eigenvalue weighted by Gasteiger charge is -2.12. The highest BCUT2D eigenvalue weighted by Gasteiger charge is 2.18. The van der Waals surface area contributed by atoms with Crippen LogP contribution >= 0.6 is 12.0 Å². The van der Waals surface area contributed by atoms with Crippen LogP contribution < -0.4 is 0 Å². The van der Waals surface area contributed by atoms with Crippen molar-refractivity contribution in [3.8, 4) is 5.75 Å². The molecule has 3 aromatic carbocycles. The van der Waals surface area contributed by atoms with Crippen molar-refractivity contribution in [1.29, 1.82) is 0 Å². The predicted octanol–water partition coefficient (Wildman–Crippen LogP) is 5.20. The van der Waals surface area contributed by atoms with Gasteiger partial charge in [0.05, 0.1) is 16.9 Å². The van der Waals surface area contributed by atoms with Gasteiger partial charge in [-0.15, -0.1) is 14.6 Å².